The third-order valence-electron chi connectivity index (χ3n) is 6.53. The Hall–Kier alpha value is -1.85. The van der Waals surface area contributed by atoms with Gasteiger partial charge in [-0.15, -0.1) is 0 Å². The predicted molar refractivity (Wildman–Crippen MR) is 225 cm³/mol. The SMILES string of the molecule is CC(C)C1=C(O)C(=O)N(C(C)C)C1C(C)C.CC(C)C1C(=O)C(=O)N(C(C)C)C1C(C)C.CCC.CCC.CCC.CCC.CCC.CCC. The fourth-order valence-corrected chi connectivity index (χ4v) is 5.26. The molecule has 0 spiro atoms. The third-order valence-corrected chi connectivity index (χ3v) is 6.53. The molecule has 304 valence electrons. The van der Waals surface area contributed by atoms with E-state index in [0.29, 0.717) is 11.8 Å². The van der Waals surface area contributed by atoms with E-state index in [2.05, 4.69) is 111 Å². The maximum atomic E-state index is 12.0. The zero-order valence-corrected chi connectivity index (χ0v) is 38.5. The van der Waals surface area contributed by atoms with E-state index in [1.54, 1.807) is 9.80 Å². The minimum absolute atomic E-state index is 0.0256. The summed E-state index contributed by atoms with van der Waals surface area (Å²) < 4.78 is 0. The Morgan fingerprint density at radius 2 is 0.780 bits per heavy atom. The first kappa shape index (κ1) is 60.3. The van der Waals surface area contributed by atoms with Crippen LogP contribution in [0, 0.1) is 29.6 Å². The average Bonchev–Trinajstić information content (AvgIpc) is 3.41. The molecular formula is C44H94N2O4. The third kappa shape index (κ3) is 24.4. The number of Topliss-reactive ketones (excluding diaryl/α,β-unsaturated/α-hetero) is 1. The van der Waals surface area contributed by atoms with Gasteiger partial charge in [0.25, 0.3) is 11.8 Å². The van der Waals surface area contributed by atoms with Crippen molar-refractivity contribution in [2.75, 3.05) is 0 Å². The molecule has 1 N–H and O–H groups in total. The molecule has 2 aliphatic heterocycles. The van der Waals surface area contributed by atoms with Crippen molar-refractivity contribution in [2.24, 2.45) is 29.6 Å². The summed E-state index contributed by atoms with van der Waals surface area (Å²) in [6, 6.07) is 0.346. The van der Waals surface area contributed by atoms with Crippen LogP contribution in [0.5, 0.6) is 0 Å². The highest BCUT2D eigenvalue weighted by Gasteiger charge is 2.50. The van der Waals surface area contributed by atoms with Crippen molar-refractivity contribution < 1.29 is 19.5 Å². The van der Waals surface area contributed by atoms with Crippen molar-refractivity contribution in [3.05, 3.63) is 11.3 Å². The summed E-state index contributed by atoms with van der Waals surface area (Å²) in [7, 11) is 0. The molecule has 1 fully saturated rings. The first-order chi connectivity index (χ1) is 23.1. The maximum absolute atomic E-state index is 12.0. The zero-order chi connectivity index (χ0) is 41.5. The molecule has 2 amide bonds. The van der Waals surface area contributed by atoms with Crippen molar-refractivity contribution in [3.63, 3.8) is 0 Å². The van der Waals surface area contributed by atoms with Crippen LogP contribution in [0.25, 0.3) is 0 Å². The Morgan fingerprint density at radius 1 is 0.480 bits per heavy atom. The molecule has 0 aliphatic carbocycles. The highest BCUT2D eigenvalue weighted by atomic mass is 16.3. The van der Waals surface area contributed by atoms with Gasteiger partial charge in [0.1, 0.15) is 0 Å². The van der Waals surface area contributed by atoms with Crippen LogP contribution >= 0.6 is 0 Å². The standard InChI is InChI=1S/2C13H23NO2.6C3H8/c2*1-7(2)10-11(8(3)4)14(9(5)6)13(16)12(10)15;6*1-3-2/h7-9,11,15H,1-6H3;7-11H,1-6H3;6*3H2,1-2H3. The van der Waals surface area contributed by atoms with E-state index in [-0.39, 0.29) is 65.3 Å². The molecule has 0 aromatic carbocycles. The smallest absolute Gasteiger partial charge is 0.290 e. The van der Waals surface area contributed by atoms with Gasteiger partial charge in [0.05, 0.1) is 12.0 Å². The Kier molecular flexibility index (Phi) is 44.5. The molecule has 2 heterocycles. The highest BCUT2D eigenvalue weighted by Crippen LogP contribution is 2.36. The van der Waals surface area contributed by atoms with E-state index in [0.717, 1.165) is 5.57 Å². The number of hydrogen-bond donors (Lipinski definition) is 1. The summed E-state index contributed by atoms with van der Waals surface area (Å²) in [5.74, 6) is 0.246. The summed E-state index contributed by atoms with van der Waals surface area (Å²) >= 11 is 0. The monoisotopic (exact) mass is 715 g/mol. The lowest BCUT2D eigenvalue weighted by molar-refractivity contribution is -0.142. The number of nitrogens with zero attached hydrogens (tertiary/aromatic N) is 2. The van der Waals surface area contributed by atoms with Gasteiger partial charge in [-0.25, -0.2) is 0 Å². The molecular weight excluding hydrogens is 620 g/mol. The minimum Gasteiger partial charge on any atom is -0.503 e. The number of ketones is 1. The summed E-state index contributed by atoms with van der Waals surface area (Å²) in [6.07, 6.45) is 7.50. The van der Waals surface area contributed by atoms with Crippen LogP contribution < -0.4 is 0 Å². The van der Waals surface area contributed by atoms with Crippen LogP contribution in [0.15, 0.2) is 11.3 Å². The number of amides is 2. The van der Waals surface area contributed by atoms with Crippen molar-refractivity contribution in [2.45, 2.75) is 229 Å². The first-order valence-corrected chi connectivity index (χ1v) is 20.7. The van der Waals surface area contributed by atoms with E-state index in [4.69, 9.17) is 0 Å². The normalized spacial score (nSPS) is 17.8. The lowest BCUT2D eigenvalue weighted by atomic mass is 9.82. The molecule has 0 radical (unpaired) electrons. The molecule has 2 rings (SSSR count). The van der Waals surface area contributed by atoms with Gasteiger partial charge < -0.3 is 14.9 Å². The quantitative estimate of drug-likeness (QED) is 0.278. The second-order valence-corrected chi connectivity index (χ2v) is 15.4. The topological polar surface area (TPSA) is 77.9 Å². The fourth-order valence-electron chi connectivity index (χ4n) is 5.26. The van der Waals surface area contributed by atoms with E-state index in [9.17, 15) is 19.5 Å². The van der Waals surface area contributed by atoms with Crippen molar-refractivity contribution in [1.82, 2.24) is 9.80 Å². The molecule has 0 aromatic heterocycles. The largest absolute Gasteiger partial charge is 0.503 e. The molecule has 6 heteroatoms. The van der Waals surface area contributed by atoms with E-state index in [1.807, 2.05) is 55.4 Å². The highest BCUT2D eigenvalue weighted by molar-refractivity contribution is 6.39. The molecule has 2 aliphatic rings. The predicted octanol–water partition coefficient (Wildman–Crippen LogP) is 13.3. The number of carbonyl (C=O) groups is 3. The molecule has 50 heavy (non-hydrogen) atoms. The Balaban J connectivity index is -0.000000132. The summed E-state index contributed by atoms with van der Waals surface area (Å²) in [6.45, 7) is 49.9. The van der Waals surface area contributed by atoms with Gasteiger partial charge in [0.2, 0.25) is 5.78 Å². The van der Waals surface area contributed by atoms with Crippen molar-refractivity contribution in [1.29, 1.82) is 0 Å². The number of likely N-dealkylation sites (tertiary alicyclic amines) is 1. The lowest BCUT2D eigenvalue weighted by Crippen LogP contribution is -2.44. The minimum atomic E-state index is -0.285. The van der Waals surface area contributed by atoms with Crippen LogP contribution in [0.2, 0.25) is 0 Å². The number of carbonyl (C=O) groups excluding carboxylic acids is 3. The second kappa shape index (κ2) is 36.9. The number of rotatable bonds is 6. The number of hydrogen-bond acceptors (Lipinski definition) is 4. The zero-order valence-electron chi connectivity index (χ0n) is 38.5. The Bertz CT molecular complexity index is 786. The van der Waals surface area contributed by atoms with Crippen LogP contribution in [0.3, 0.4) is 0 Å². The van der Waals surface area contributed by atoms with Crippen LogP contribution in [-0.4, -0.2) is 56.7 Å². The van der Waals surface area contributed by atoms with Crippen LogP contribution in [0.1, 0.15) is 205 Å². The molecule has 0 aromatic rings. The van der Waals surface area contributed by atoms with E-state index in [1.165, 1.54) is 38.5 Å². The van der Waals surface area contributed by atoms with E-state index < -0.39 is 0 Å². The van der Waals surface area contributed by atoms with Gasteiger partial charge in [-0.1, -0.05) is 177 Å². The number of aliphatic hydroxyl groups is 1. The average molecular weight is 715 g/mol. The Morgan fingerprint density at radius 3 is 0.980 bits per heavy atom. The van der Waals surface area contributed by atoms with Gasteiger partial charge >= 0.3 is 0 Å². The lowest BCUT2D eigenvalue weighted by Gasteiger charge is -2.34. The molecule has 3 atom stereocenters. The van der Waals surface area contributed by atoms with Gasteiger partial charge in [0.15, 0.2) is 5.76 Å². The van der Waals surface area contributed by atoms with Gasteiger partial charge in [-0.3, -0.25) is 14.4 Å². The Labute approximate surface area is 316 Å². The molecule has 0 saturated carbocycles. The van der Waals surface area contributed by atoms with Gasteiger partial charge in [0, 0.05) is 23.7 Å². The number of aliphatic hydroxyl groups excluding tert-OH is 1. The molecule has 0 bridgehead atoms. The molecule has 1 saturated heterocycles. The van der Waals surface area contributed by atoms with Crippen LogP contribution in [-0.2, 0) is 14.4 Å². The second-order valence-electron chi connectivity index (χ2n) is 15.4. The van der Waals surface area contributed by atoms with Crippen molar-refractivity contribution in [3.8, 4) is 0 Å². The molecule has 3 unspecified atom stereocenters. The van der Waals surface area contributed by atoms with Crippen molar-refractivity contribution >= 4 is 17.6 Å². The summed E-state index contributed by atoms with van der Waals surface area (Å²) in [4.78, 5) is 39.5. The summed E-state index contributed by atoms with van der Waals surface area (Å²) in [5.41, 5.74) is 0.897. The maximum Gasteiger partial charge on any atom is 0.290 e. The van der Waals surface area contributed by atoms with Gasteiger partial charge in [-0.05, 0) is 51.4 Å². The first-order valence-electron chi connectivity index (χ1n) is 20.7. The summed E-state index contributed by atoms with van der Waals surface area (Å²) in [5, 5.41) is 9.95. The molecule has 6 nitrogen and oxygen atoms in total. The fraction of sp³-hybridized carbons (Fsp3) is 0.886. The van der Waals surface area contributed by atoms with E-state index >= 15 is 0 Å². The van der Waals surface area contributed by atoms with Crippen LogP contribution in [0.4, 0.5) is 0 Å². The van der Waals surface area contributed by atoms with Gasteiger partial charge in [-0.2, -0.15) is 0 Å².